The van der Waals surface area contributed by atoms with Gasteiger partial charge in [-0.1, -0.05) is 0 Å². The summed E-state index contributed by atoms with van der Waals surface area (Å²) >= 11 is 0. The normalized spacial score (nSPS) is 17.2. The van der Waals surface area contributed by atoms with Gasteiger partial charge in [0, 0.05) is 38.7 Å². The quantitative estimate of drug-likeness (QED) is 0.786. The van der Waals surface area contributed by atoms with Crippen LogP contribution in [-0.2, 0) is 9.59 Å². The Bertz CT molecular complexity index is 604. The maximum atomic E-state index is 12.8. The first kappa shape index (κ1) is 17.9. The zero-order valence-electron chi connectivity index (χ0n) is 13.7. The van der Waals surface area contributed by atoms with Gasteiger partial charge < -0.3 is 15.5 Å². The van der Waals surface area contributed by atoms with Crippen molar-refractivity contribution in [3.05, 3.63) is 35.6 Å². The Balaban J connectivity index is 1.70. The molecule has 6 nitrogen and oxygen atoms in total. The molecule has 1 heterocycles. The highest BCUT2D eigenvalue weighted by molar-refractivity contribution is 5.94. The van der Waals surface area contributed by atoms with Gasteiger partial charge in [-0.05, 0) is 37.1 Å². The van der Waals surface area contributed by atoms with Crippen molar-refractivity contribution in [1.82, 2.24) is 15.5 Å². The minimum absolute atomic E-state index is 0.0148. The van der Waals surface area contributed by atoms with Crippen LogP contribution in [0.25, 0.3) is 0 Å². The van der Waals surface area contributed by atoms with Crippen LogP contribution < -0.4 is 10.6 Å². The van der Waals surface area contributed by atoms with Gasteiger partial charge in [0.15, 0.2) is 0 Å². The van der Waals surface area contributed by atoms with Crippen LogP contribution in [0, 0.1) is 11.7 Å². The third kappa shape index (κ3) is 5.04. The maximum absolute atomic E-state index is 12.8. The molecule has 24 heavy (non-hydrogen) atoms. The minimum atomic E-state index is -0.397. The molecule has 1 aromatic carbocycles. The van der Waals surface area contributed by atoms with E-state index in [1.165, 1.54) is 31.2 Å². The highest BCUT2D eigenvalue weighted by Crippen LogP contribution is 2.16. The van der Waals surface area contributed by atoms with Crippen LogP contribution in [-0.4, -0.2) is 48.8 Å². The van der Waals surface area contributed by atoms with E-state index in [2.05, 4.69) is 10.6 Å². The van der Waals surface area contributed by atoms with Crippen molar-refractivity contribution < 1.29 is 18.8 Å². The number of piperidine rings is 1. The van der Waals surface area contributed by atoms with Crippen molar-refractivity contribution in [2.24, 2.45) is 5.92 Å². The first-order valence-electron chi connectivity index (χ1n) is 8.04. The number of carbonyl (C=O) groups excluding carboxylic acids is 3. The SMILES string of the molecule is CC(=O)N1CCC[C@H](C(=O)NCCNC(=O)c2ccc(F)cc2)C1. The molecule has 1 fully saturated rings. The van der Waals surface area contributed by atoms with E-state index in [4.69, 9.17) is 0 Å². The molecular formula is C17H22FN3O3. The Morgan fingerprint density at radius 1 is 1.17 bits per heavy atom. The molecule has 0 radical (unpaired) electrons. The van der Waals surface area contributed by atoms with Gasteiger partial charge in [0.2, 0.25) is 11.8 Å². The van der Waals surface area contributed by atoms with Crippen LogP contribution in [0.5, 0.6) is 0 Å². The van der Waals surface area contributed by atoms with Gasteiger partial charge in [-0.3, -0.25) is 14.4 Å². The molecule has 1 aliphatic heterocycles. The molecule has 0 unspecified atom stereocenters. The van der Waals surface area contributed by atoms with Gasteiger partial charge in [-0.25, -0.2) is 4.39 Å². The fourth-order valence-electron chi connectivity index (χ4n) is 2.69. The Morgan fingerprint density at radius 3 is 2.50 bits per heavy atom. The lowest BCUT2D eigenvalue weighted by Gasteiger charge is -2.31. The molecule has 0 bridgehead atoms. The predicted octanol–water partition coefficient (Wildman–Crippen LogP) is 0.930. The Kier molecular flexibility index (Phi) is 6.28. The van der Waals surface area contributed by atoms with Crippen molar-refractivity contribution >= 4 is 17.7 Å². The summed E-state index contributed by atoms with van der Waals surface area (Å²) in [5, 5.41) is 5.44. The number of likely N-dealkylation sites (tertiary alicyclic amines) is 1. The number of hydrogen-bond acceptors (Lipinski definition) is 3. The summed E-state index contributed by atoms with van der Waals surface area (Å²) in [6.07, 6.45) is 1.58. The van der Waals surface area contributed by atoms with Crippen LogP contribution in [0.3, 0.4) is 0 Å². The zero-order chi connectivity index (χ0) is 17.5. The number of carbonyl (C=O) groups is 3. The van der Waals surface area contributed by atoms with Crippen LogP contribution in [0.2, 0.25) is 0 Å². The molecule has 2 rings (SSSR count). The molecule has 3 amide bonds. The zero-order valence-corrected chi connectivity index (χ0v) is 13.7. The number of rotatable bonds is 5. The molecular weight excluding hydrogens is 313 g/mol. The fraction of sp³-hybridized carbons (Fsp3) is 0.471. The topological polar surface area (TPSA) is 78.5 Å². The lowest BCUT2D eigenvalue weighted by atomic mass is 9.97. The standard InChI is InChI=1S/C17H22FN3O3/c1-12(22)21-10-2-3-14(11-21)17(24)20-9-8-19-16(23)13-4-6-15(18)7-5-13/h4-7,14H,2-3,8-11H2,1H3,(H,19,23)(H,20,24)/t14-/m0/s1. The number of benzene rings is 1. The van der Waals surface area contributed by atoms with E-state index in [1.807, 2.05) is 0 Å². The smallest absolute Gasteiger partial charge is 0.251 e. The lowest BCUT2D eigenvalue weighted by Crippen LogP contribution is -2.46. The van der Waals surface area contributed by atoms with Gasteiger partial charge in [-0.15, -0.1) is 0 Å². The number of halogens is 1. The van der Waals surface area contributed by atoms with Gasteiger partial charge in [-0.2, -0.15) is 0 Å². The third-order valence-corrected chi connectivity index (χ3v) is 4.05. The predicted molar refractivity (Wildman–Crippen MR) is 86.7 cm³/mol. The van der Waals surface area contributed by atoms with Gasteiger partial charge >= 0.3 is 0 Å². The van der Waals surface area contributed by atoms with E-state index in [9.17, 15) is 18.8 Å². The van der Waals surface area contributed by atoms with Crippen LogP contribution in [0.1, 0.15) is 30.1 Å². The molecule has 2 N–H and O–H groups in total. The molecule has 1 atom stereocenters. The van der Waals surface area contributed by atoms with E-state index in [1.54, 1.807) is 4.90 Å². The summed E-state index contributed by atoms with van der Waals surface area (Å²) in [7, 11) is 0. The second-order valence-corrected chi connectivity index (χ2v) is 5.86. The minimum Gasteiger partial charge on any atom is -0.354 e. The van der Waals surface area contributed by atoms with Crippen LogP contribution >= 0.6 is 0 Å². The molecule has 0 saturated carbocycles. The first-order valence-corrected chi connectivity index (χ1v) is 8.04. The van der Waals surface area contributed by atoms with Crippen molar-refractivity contribution in [3.63, 3.8) is 0 Å². The monoisotopic (exact) mass is 335 g/mol. The lowest BCUT2D eigenvalue weighted by molar-refractivity contribution is -0.133. The van der Waals surface area contributed by atoms with E-state index in [-0.39, 0.29) is 30.2 Å². The summed E-state index contributed by atoms with van der Waals surface area (Å²) in [6, 6.07) is 5.25. The molecule has 7 heteroatoms. The maximum Gasteiger partial charge on any atom is 0.251 e. The second kappa shape index (κ2) is 8.42. The molecule has 0 spiro atoms. The molecule has 1 aliphatic rings. The Morgan fingerprint density at radius 2 is 1.83 bits per heavy atom. The van der Waals surface area contributed by atoms with E-state index >= 15 is 0 Å². The van der Waals surface area contributed by atoms with E-state index < -0.39 is 5.82 Å². The highest BCUT2D eigenvalue weighted by atomic mass is 19.1. The Hall–Kier alpha value is -2.44. The molecule has 130 valence electrons. The summed E-state index contributed by atoms with van der Waals surface area (Å²) in [5.41, 5.74) is 0.368. The first-order chi connectivity index (χ1) is 11.5. The second-order valence-electron chi connectivity index (χ2n) is 5.86. The van der Waals surface area contributed by atoms with Crippen molar-refractivity contribution in [2.75, 3.05) is 26.2 Å². The summed E-state index contributed by atoms with van der Waals surface area (Å²) < 4.78 is 12.8. The average Bonchev–Trinajstić information content (AvgIpc) is 2.59. The molecule has 0 aliphatic carbocycles. The van der Waals surface area contributed by atoms with E-state index in [0.717, 1.165) is 12.8 Å². The van der Waals surface area contributed by atoms with Crippen LogP contribution in [0.4, 0.5) is 4.39 Å². The summed E-state index contributed by atoms with van der Waals surface area (Å²) in [5.74, 6) is -1.03. The van der Waals surface area contributed by atoms with Crippen LogP contribution in [0.15, 0.2) is 24.3 Å². The summed E-state index contributed by atoms with van der Waals surface area (Å²) in [6.45, 7) is 3.24. The number of nitrogens with one attached hydrogen (secondary N) is 2. The molecule has 1 saturated heterocycles. The number of nitrogens with zero attached hydrogens (tertiary/aromatic N) is 1. The Labute approximate surface area is 140 Å². The third-order valence-electron chi connectivity index (χ3n) is 4.05. The fourth-order valence-corrected chi connectivity index (χ4v) is 2.69. The molecule has 1 aromatic rings. The number of amides is 3. The van der Waals surface area contributed by atoms with Gasteiger partial charge in [0.1, 0.15) is 5.82 Å². The van der Waals surface area contributed by atoms with Gasteiger partial charge in [0.25, 0.3) is 5.91 Å². The van der Waals surface area contributed by atoms with Gasteiger partial charge in [0.05, 0.1) is 5.92 Å². The van der Waals surface area contributed by atoms with Crippen molar-refractivity contribution in [2.45, 2.75) is 19.8 Å². The van der Waals surface area contributed by atoms with Crippen molar-refractivity contribution in [1.29, 1.82) is 0 Å². The summed E-state index contributed by atoms with van der Waals surface area (Å²) in [4.78, 5) is 37.0. The molecule has 0 aromatic heterocycles. The highest BCUT2D eigenvalue weighted by Gasteiger charge is 2.26. The van der Waals surface area contributed by atoms with E-state index in [0.29, 0.717) is 25.2 Å². The average molecular weight is 335 g/mol. The largest absolute Gasteiger partial charge is 0.354 e. The van der Waals surface area contributed by atoms with Crippen molar-refractivity contribution in [3.8, 4) is 0 Å². The number of hydrogen-bond donors (Lipinski definition) is 2.